The minimum absolute atomic E-state index is 0.235. The van der Waals surface area contributed by atoms with Crippen molar-refractivity contribution in [3.8, 4) is 11.5 Å². The number of nitrogens with one attached hydrogen (secondary N) is 1. The van der Waals surface area contributed by atoms with Crippen LogP contribution in [0, 0.1) is 5.92 Å². The van der Waals surface area contributed by atoms with Gasteiger partial charge < -0.3 is 14.5 Å². The average molecular weight is 644 g/mol. The summed E-state index contributed by atoms with van der Waals surface area (Å²) in [4.78, 5) is 44.8. The molecule has 1 fully saturated rings. The van der Waals surface area contributed by atoms with E-state index in [2.05, 4.69) is 20.9 Å². The Bertz CT molecular complexity index is 1650. The molecule has 0 radical (unpaired) electrons. The van der Waals surface area contributed by atoms with Gasteiger partial charge in [-0.3, -0.25) is 14.4 Å². The molecule has 198 valence electrons. The van der Waals surface area contributed by atoms with Gasteiger partial charge in [-0.1, -0.05) is 62.8 Å². The number of hydrogen-bond acceptors (Lipinski definition) is 7. The summed E-state index contributed by atoms with van der Waals surface area (Å²) < 4.78 is 12.3. The van der Waals surface area contributed by atoms with Crippen molar-refractivity contribution in [2.75, 3.05) is 12.0 Å². The van der Waals surface area contributed by atoms with Crippen LogP contribution in [-0.4, -0.2) is 29.2 Å². The topological polar surface area (TPSA) is 88.7 Å². The number of fused-ring (bicyclic) bond motifs is 2. The summed E-state index contributed by atoms with van der Waals surface area (Å²) in [5, 5.41) is 0.506. The van der Waals surface area contributed by atoms with Crippen molar-refractivity contribution in [1.82, 2.24) is 4.98 Å². The van der Waals surface area contributed by atoms with Crippen molar-refractivity contribution in [3.05, 3.63) is 102 Å². The standard InChI is InChI=1S/C28H20BrClN2O5S2/c1-36-18-8-6-17(7-9-18)32-26(33)22-21(23-25(31-28(35)39-23)38-24(22)27(32)34)19-12-15(29)5-10-20(19)37-13-14-3-2-4-16(30)11-14/h2-12,21-22,24H,13H2,1H3,(H,31,35). The van der Waals surface area contributed by atoms with Crippen LogP contribution in [0.25, 0.3) is 0 Å². The lowest BCUT2D eigenvalue weighted by atomic mass is 9.82. The van der Waals surface area contributed by atoms with Gasteiger partial charge in [0.25, 0.3) is 0 Å². The summed E-state index contributed by atoms with van der Waals surface area (Å²) in [6.07, 6.45) is 0. The van der Waals surface area contributed by atoms with Crippen molar-refractivity contribution >= 4 is 68.1 Å². The summed E-state index contributed by atoms with van der Waals surface area (Å²) in [6, 6.07) is 19.8. The number of rotatable bonds is 6. The van der Waals surface area contributed by atoms with Gasteiger partial charge in [-0.05, 0) is 60.2 Å². The number of anilines is 1. The average Bonchev–Trinajstić information content (AvgIpc) is 3.42. The first-order chi connectivity index (χ1) is 18.8. The Kier molecular flexibility index (Phi) is 7.05. The molecule has 0 aliphatic carbocycles. The number of methoxy groups -OCH3 is 1. The van der Waals surface area contributed by atoms with Gasteiger partial charge in [0.2, 0.25) is 11.8 Å². The second-order valence-corrected chi connectivity index (χ2v) is 12.6. The van der Waals surface area contributed by atoms with E-state index in [0.29, 0.717) is 27.2 Å². The molecule has 3 aromatic carbocycles. The van der Waals surface area contributed by atoms with E-state index in [4.69, 9.17) is 21.1 Å². The fourth-order valence-electron chi connectivity index (χ4n) is 5.02. The zero-order chi connectivity index (χ0) is 27.3. The number of aromatic amines is 1. The van der Waals surface area contributed by atoms with Crippen LogP contribution in [0.2, 0.25) is 5.02 Å². The summed E-state index contributed by atoms with van der Waals surface area (Å²) in [5.74, 6) is -0.756. The van der Waals surface area contributed by atoms with Crippen molar-refractivity contribution < 1.29 is 19.1 Å². The van der Waals surface area contributed by atoms with Crippen LogP contribution in [0.1, 0.15) is 21.9 Å². The predicted molar refractivity (Wildman–Crippen MR) is 155 cm³/mol. The number of aromatic nitrogens is 1. The number of amides is 2. The molecule has 3 heterocycles. The van der Waals surface area contributed by atoms with E-state index < -0.39 is 17.1 Å². The Balaban J connectivity index is 1.43. The summed E-state index contributed by atoms with van der Waals surface area (Å²) in [5.41, 5.74) is 2.08. The number of imide groups is 1. The lowest BCUT2D eigenvalue weighted by Gasteiger charge is -2.31. The molecule has 2 aliphatic rings. The zero-order valence-corrected chi connectivity index (χ0v) is 24.3. The molecule has 11 heteroatoms. The number of thioether (sulfide) groups is 1. The first-order valence-electron chi connectivity index (χ1n) is 11.9. The van der Waals surface area contributed by atoms with Crippen molar-refractivity contribution in [3.63, 3.8) is 0 Å². The first-order valence-corrected chi connectivity index (χ1v) is 14.8. The molecule has 2 aliphatic heterocycles. The lowest BCUT2D eigenvalue weighted by Crippen LogP contribution is -2.32. The lowest BCUT2D eigenvalue weighted by molar-refractivity contribution is -0.122. The SMILES string of the molecule is COc1ccc(N2C(=O)C3Sc4[nH]c(=O)sc4C(c4cc(Br)ccc4OCc4cccc(Cl)c4)C3C2=O)cc1. The van der Waals surface area contributed by atoms with Crippen molar-refractivity contribution in [2.24, 2.45) is 5.92 Å². The van der Waals surface area contributed by atoms with Gasteiger partial charge in [0.1, 0.15) is 23.4 Å². The molecule has 2 amide bonds. The zero-order valence-electron chi connectivity index (χ0n) is 20.4. The second-order valence-electron chi connectivity index (χ2n) is 9.06. The number of carbonyl (C=O) groups excluding carboxylic acids is 2. The molecule has 39 heavy (non-hydrogen) atoms. The molecule has 0 spiro atoms. The number of nitrogens with zero attached hydrogens (tertiary/aromatic N) is 1. The fourth-order valence-corrected chi connectivity index (χ4v) is 8.12. The quantitative estimate of drug-likeness (QED) is 0.251. The van der Waals surface area contributed by atoms with Gasteiger partial charge in [-0.2, -0.15) is 0 Å². The van der Waals surface area contributed by atoms with E-state index in [0.717, 1.165) is 31.8 Å². The third-order valence-electron chi connectivity index (χ3n) is 6.74. The Labute approximate surface area is 245 Å². The first kappa shape index (κ1) is 26.2. The highest BCUT2D eigenvalue weighted by Gasteiger charge is 2.56. The highest BCUT2D eigenvalue weighted by Crippen LogP contribution is 2.54. The number of benzene rings is 3. The maximum Gasteiger partial charge on any atom is 0.305 e. The highest BCUT2D eigenvalue weighted by molar-refractivity contribution is 9.10. The van der Waals surface area contributed by atoms with E-state index in [1.165, 1.54) is 16.7 Å². The number of carbonyl (C=O) groups is 2. The molecule has 4 aromatic rings. The third-order valence-corrected chi connectivity index (χ3v) is 9.87. The van der Waals surface area contributed by atoms with Crippen molar-refractivity contribution in [1.29, 1.82) is 0 Å². The number of hydrogen-bond donors (Lipinski definition) is 1. The minimum atomic E-state index is -0.730. The monoisotopic (exact) mass is 642 g/mol. The van der Waals surface area contributed by atoms with E-state index in [9.17, 15) is 14.4 Å². The van der Waals surface area contributed by atoms with E-state index in [1.807, 2.05) is 36.4 Å². The van der Waals surface area contributed by atoms with E-state index in [1.54, 1.807) is 37.4 Å². The second kappa shape index (κ2) is 10.5. The van der Waals surface area contributed by atoms with Gasteiger partial charge in [0.15, 0.2) is 0 Å². The minimum Gasteiger partial charge on any atom is -0.497 e. The summed E-state index contributed by atoms with van der Waals surface area (Å²) in [7, 11) is 1.56. The molecule has 1 saturated heterocycles. The number of thiazole rings is 1. The fraction of sp³-hybridized carbons (Fsp3) is 0.179. The van der Waals surface area contributed by atoms with Gasteiger partial charge in [-0.25, -0.2) is 4.90 Å². The third kappa shape index (κ3) is 4.80. The maximum atomic E-state index is 14.0. The van der Waals surface area contributed by atoms with Crippen LogP contribution in [0.3, 0.4) is 0 Å². The Morgan fingerprint density at radius 2 is 1.82 bits per heavy atom. The van der Waals surface area contributed by atoms with Gasteiger partial charge in [-0.15, -0.1) is 0 Å². The van der Waals surface area contributed by atoms with Gasteiger partial charge in [0.05, 0.1) is 23.7 Å². The number of H-pyrrole nitrogens is 1. The molecule has 7 nitrogen and oxygen atoms in total. The van der Waals surface area contributed by atoms with Gasteiger partial charge >= 0.3 is 4.87 Å². The highest BCUT2D eigenvalue weighted by atomic mass is 79.9. The van der Waals surface area contributed by atoms with Crippen LogP contribution < -0.4 is 19.2 Å². The van der Waals surface area contributed by atoms with Crippen LogP contribution in [0.15, 0.2) is 81.0 Å². The molecule has 3 atom stereocenters. The van der Waals surface area contributed by atoms with E-state index in [-0.39, 0.29) is 23.3 Å². The molecule has 3 unspecified atom stereocenters. The van der Waals surface area contributed by atoms with Crippen molar-refractivity contribution in [2.45, 2.75) is 22.8 Å². The van der Waals surface area contributed by atoms with Crippen LogP contribution in [-0.2, 0) is 16.2 Å². The maximum absolute atomic E-state index is 14.0. The van der Waals surface area contributed by atoms with Crippen LogP contribution in [0.4, 0.5) is 5.69 Å². The summed E-state index contributed by atoms with van der Waals surface area (Å²) in [6.45, 7) is 0.256. The number of halogens is 2. The predicted octanol–water partition coefficient (Wildman–Crippen LogP) is 6.24. The summed E-state index contributed by atoms with van der Waals surface area (Å²) >= 11 is 12.0. The smallest absolute Gasteiger partial charge is 0.305 e. The normalized spacial score (nSPS) is 20.1. The Hall–Kier alpha value is -3.05. The molecule has 6 rings (SSSR count). The Morgan fingerprint density at radius 1 is 1.03 bits per heavy atom. The Morgan fingerprint density at radius 3 is 2.56 bits per heavy atom. The molecule has 1 aromatic heterocycles. The molecular weight excluding hydrogens is 624 g/mol. The largest absolute Gasteiger partial charge is 0.497 e. The molecule has 0 bridgehead atoms. The molecular formula is C28H20BrClN2O5S2. The van der Waals surface area contributed by atoms with Crippen LogP contribution >= 0.6 is 50.6 Å². The van der Waals surface area contributed by atoms with E-state index >= 15 is 0 Å². The van der Waals surface area contributed by atoms with Gasteiger partial charge in [0, 0.05) is 25.9 Å². The molecule has 1 N–H and O–H groups in total. The number of ether oxygens (including phenoxy) is 2. The van der Waals surface area contributed by atoms with Crippen LogP contribution in [0.5, 0.6) is 11.5 Å². The molecule has 0 saturated carbocycles.